The first-order valence-corrected chi connectivity index (χ1v) is 15.0. The summed E-state index contributed by atoms with van der Waals surface area (Å²) in [5, 5.41) is 0. The number of allylic oxidation sites excluding steroid dienone is 4. The molecule has 0 N–H and O–H groups in total. The van der Waals surface area contributed by atoms with Gasteiger partial charge < -0.3 is 0 Å². The monoisotopic (exact) mass is 540 g/mol. The lowest BCUT2D eigenvalue weighted by Gasteiger charge is -2.29. The van der Waals surface area contributed by atoms with Gasteiger partial charge in [-0.25, -0.2) is 0 Å². The highest BCUT2D eigenvalue weighted by atomic mass is 16.1. The molecule has 0 unspecified atom stereocenters. The first kappa shape index (κ1) is 31.8. The third kappa shape index (κ3) is 6.93. The van der Waals surface area contributed by atoms with E-state index in [4.69, 9.17) is 0 Å². The van der Waals surface area contributed by atoms with Crippen molar-refractivity contribution in [3.05, 3.63) is 93.1 Å². The first-order chi connectivity index (χ1) is 18.3. The lowest BCUT2D eigenvalue weighted by Crippen LogP contribution is -2.25. The Balaban J connectivity index is 1.88. The van der Waals surface area contributed by atoms with Crippen LogP contribution in [-0.2, 0) is 10.8 Å². The molecule has 1 aliphatic rings. The van der Waals surface area contributed by atoms with E-state index in [0.29, 0.717) is 22.3 Å². The minimum absolute atomic E-state index is 0.0353. The zero-order valence-corrected chi connectivity index (χ0v) is 27.3. The Hall–Kier alpha value is -2.74. The minimum atomic E-state index is -0.115. The zero-order chi connectivity index (χ0) is 30.3. The van der Waals surface area contributed by atoms with Crippen molar-refractivity contribution in [2.75, 3.05) is 0 Å². The van der Waals surface area contributed by atoms with E-state index in [9.17, 15) is 9.59 Å². The topological polar surface area (TPSA) is 34.1 Å². The van der Waals surface area contributed by atoms with Gasteiger partial charge in [0.25, 0.3) is 0 Å². The van der Waals surface area contributed by atoms with Crippen LogP contribution in [0.3, 0.4) is 0 Å². The fourth-order valence-electron chi connectivity index (χ4n) is 5.19. The van der Waals surface area contributed by atoms with Crippen LogP contribution in [0.15, 0.2) is 59.7 Å². The Labute approximate surface area is 244 Å². The van der Waals surface area contributed by atoms with Crippen molar-refractivity contribution in [1.82, 2.24) is 0 Å². The van der Waals surface area contributed by atoms with E-state index in [-0.39, 0.29) is 33.2 Å². The van der Waals surface area contributed by atoms with Gasteiger partial charge in [-0.15, -0.1) is 0 Å². The maximum Gasteiger partial charge on any atom is 0.194 e. The van der Waals surface area contributed by atoms with E-state index in [0.717, 1.165) is 36.8 Å². The molecule has 0 saturated carbocycles. The highest BCUT2D eigenvalue weighted by Crippen LogP contribution is 2.37. The molecule has 0 atom stereocenters. The molecule has 2 aromatic rings. The number of carbonyl (C=O) groups excluding carboxylic acids is 2. The number of benzene rings is 2. The van der Waals surface area contributed by atoms with Crippen molar-refractivity contribution in [2.24, 2.45) is 10.8 Å². The van der Waals surface area contributed by atoms with Crippen LogP contribution in [0.5, 0.6) is 0 Å². The Bertz CT molecular complexity index is 1250. The summed E-state index contributed by atoms with van der Waals surface area (Å²) < 4.78 is 0. The molecule has 2 nitrogen and oxygen atoms in total. The van der Waals surface area contributed by atoms with E-state index in [1.165, 1.54) is 11.1 Å². The lowest BCUT2D eigenvalue weighted by molar-refractivity contribution is 0.0978. The van der Waals surface area contributed by atoms with Crippen LogP contribution in [0.2, 0.25) is 0 Å². The van der Waals surface area contributed by atoms with Crippen molar-refractivity contribution in [3.63, 3.8) is 0 Å². The summed E-state index contributed by atoms with van der Waals surface area (Å²) in [6.07, 6.45) is 8.58. The van der Waals surface area contributed by atoms with Crippen LogP contribution < -0.4 is 0 Å². The van der Waals surface area contributed by atoms with Crippen molar-refractivity contribution >= 4 is 11.6 Å². The second-order valence-electron chi connectivity index (χ2n) is 15.3. The molecular formula is C38H52O2. The molecular weight excluding hydrogens is 488 g/mol. The molecule has 40 heavy (non-hydrogen) atoms. The van der Waals surface area contributed by atoms with Crippen LogP contribution in [-0.4, -0.2) is 11.6 Å². The Morgan fingerprint density at radius 2 is 0.875 bits per heavy atom. The van der Waals surface area contributed by atoms with Crippen molar-refractivity contribution in [1.29, 1.82) is 0 Å². The van der Waals surface area contributed by atoms with Crippen LogP contribution in [0.25, 0.3) is 0 Å². The second kappa shape index (κ2) is 11.3. The van der Waals surface area contributed by atoms with E-state index in [1.807, 2.05) is 36.4 Å². The van der Waals surface area contributed by atoms with Crippen molar-refractivity contribution in [2.45, 2.75) is 120 Å². The van der Waals surface area contributed by atoms with Crippen molar-refractivity contribution in [3.8, 4) is 0 Å². The summed E-state index contributed by atoms with van der Waals surface area (Å²) in [5.41, 5.74) is 7.25. The fraction of sp³-hybridized carbons (Fsp3) is 0.526. The molecule has 1 aliphatic carbocycles. The number of fused-ring (bicyclic) bond motifs is 2. The van der Waals surface area contributed by atoms with Crippen LogP contribution in [0.1, 0.15) is 152 Å². The quantitative estimate of drug-likeness (QED) is 0.266. The number of rotatable bonds is 8. The summed E-state index contributed by atoms with van der Waals surface area (Å²) in [6, 6.07) is 11.8. The van der Waals surface area contributed by atoms with E-state index in [1.54, 1.807) is 0 Å². The van der Waals surface area contributed by atoms with Gasteiger partial charge in [-0.05, 0) is 96.6 Å². The maximum absolute atomic E-state index is 13.9. The highest BCUT2D eigenvalue weighted by Gasteiger charge is 2.33. The van der Waals surface area contributed by atoms with Crippen LogP contribution in [0.4, 0.5) is 0 Å². The van der Waals surface area contributed by atoms with E-state index in [2.05, 4.69) is 95.2 Å². The molecule has 2 aromatic carbocycles. The largest absolute Gasteiger partial charge is 0.289 e. The minimum Gasteiger partial charge on any atom is -0.289 e. The van der Waals surface area contributed by atoms with Gasteiger partial charge in [0.2, 0.25) is 0 Å². The third-order valence-electron chi connectivity index (χ3n) is 9.39. The average molecular weight is 541 g/mol. The van der Waals surface area contributed by atoms with E-state index < -0.39 is 0 Å². The predicted molar refractivity (Wildman–Crippen MR) is 171 cm³/mol. The number of hydrogen-bond acceptors (Lipinski definition) is 2. The normalized spacial score (nSPS) is 15.3. The molecule has 0 spiro atoms. The summed E-state index contributed by atoms with van der Waals surface area (Å²) in [6.45, 7) is 26.8. The van der Waals surface area contributed by atoms with Gasteiger partial charge in [-0.2, -0.15) is 0 Å². The molecule has 0 aromatic heterocycles. The molecule has 0 bridgehead atoms. The molecule has 3 rings (SSSR count). The average Bonchev–Trinajstić information content (AvgIpc) is 2.85. The Morgan fingerprint density at radius 1 is 0.550 bits per heavy atom. The first-order valence-electron chi connectivity index (χ1n) is 15.0. The molecule has 0 heterocycles. The van der Waals surface area contributed by atoms with Crippen LogP contribution in [0, 0.1) is 10.8 Å². The van der Waals surface area contributed by atoms with Gasteiger partial charge in [0, 0.05) is 22.3 Å². The third-order valence-corrected chi connectivity index (χ3v) is 9.39. The molecule has 0 saturated heterocycles. The molecule has 0 aliphatic heterocycles. The molecule has 216 valence electrons. The van der Waals surface area contributed by atoms with E-state index >= 15 is 0 Å². The summed E-state index contributed by atoms with van der Waals surface area (Å²) >= 11 is 0. The zero-order valence-electron chi connectivity index (χ0n) is 27.3. The lowest BCUT2D eigenvalue weighted by atomic mass is 9.74. The predicted octanol–water partition coefficient (Wildman–Crippen LogP) is 10.6. The summed E-state index contributed by atoms with van der Waals surface area (Å²) in [4.78, 5) is 27.4. The number of ketones is 2. The SMILES string of the molecule is C/C(=C\CCC(C)(C)c1ccc2c(c1)C(=O)c1cc(C(C)(C)CC/C=C(\C)C(C)(C)C)ccc1C2=O)C(C)(C)C. The van der Waals surface area contributed by atoms with Gasteiger partial charge in [-0.1, -0.05) is 105 Å². The van der Waals surface area contributed by atoms with Gasteiger partial charge >= 0.3 is 0 Å². The molecule has 2 heteroatoms. The maximum atomic E-state index is 13.9. The number of carbonyl (C=O) groups is 2. The molecule has 0 fully saturated rings. The number of hydrogen-bond donors (Lipinski definition) is 0. The summed E-state index contributed by atoms with van der Waals surface area (Å²) in [5.74, 6) is -0.0855. The molecule has 0 amide bonds. The standard InChI is InChI=1S/C38H52O2/c1-25(35(3,4)5)15-13-21-37(9,10)27-17-19-29-31(23-27)34(40)32-24-28(18-20-30(32)33(29)39)38(11,12)22-14-16-26(2)36(6,7)8/h15-20,23-24H,13-14,21-22H2,1-12H3/b25-15+,26-16+. The molecule has 0 radical (unpaired) electrons. The van der Waals surface area contributed by atoms with Gasteiger partial charge in [0.1, 0.15) is 0 Å². The van der Waals surface area contributed by atoms with Gasteiger partial charge in [-0.3, -0.25) is 9.59 Å². The van der Waals surface area contributed by atoms with Gasteiger partial charge in [0.05, 0.1) is 0 Å². The Morgan fingerprint density at radius 3 is 1.20 bits per heavy atom. The highest BCUT2D eigenvalue weighted by molar-refractivity contribution is 6.28. The van der Waals surface area contributed by atoms with Gasteiger partial charge in [0.15, 0.2) is 11.6 Å². The summed E-state index contributed by atoms with van der Waals surface area (Å²) in [7, 11) is 0. The van der Waals surface area contributed by atoms with Crippen LogP contribution >= 0.6 is 0 Å². The van der Waals surface area contributed by atoms with Crippen molar-refractivity contribution < 1.29 is 9.59 Å². The second-order valence-corrected chi connectivity index (χ2v) is 15.3. The Kier molecular flexibility index (Phi) is 8.95. The smallest absolute Gasteiger partial charge is 0.194 e. The fourth-order valence-corrected chi connectivity index (χ4v) is 5.19.